The predicted octanol–water partition coefficient (Wildman–Crippen LogP) is 0.925. The van der Waals surface area contributed by atoms with Crippen LogP contribution in [0.2, 0.25) is 0 Å². The average molecular weight is 241 g/mol. The summed E-state index contributed by atoms with van der Waals surface area (Å²) in [7, 11) is 0. The lowest BCUT2D eigenvalue weighted by atomic mass is 9.74. The van der Waals surface area contributed by atoms with Crippen molar-refractivity contribution in [3.05, 3.63) is 0 Å². The maximum atomic E-state index is 12.0. The Morgan fingerprint density at radius 2 is 2.18 bits per heavy atom. The van der Waals surface area contributed by atoms with Crippen molar-refractivity contribution >= 4 is 11.9 Å². The Hall–Kier alpha value is -1.10. The van der Waals surface area contributed by atoms with Crippen molar-refractivity contribution in [3.63, 3.8) is 0 Å². The minimum Gasteiger partial charge on any atom is -0.481 e. The average Bonchev–Trinajstić information content (AvgIpc) is 2.60. The van der Waals surface area contributed by atoms with Crippen molar-refractivity contribution in [1.29, 1.82) is 0 Å². The van der Waals surface area contributed by atoms with E-state index < -0.39 is 11.5 Å². The molecule has 17 heavy (non-hydrogen) atoms. The van der Waals surface area contributed by atoms with Gasteiger partial charge in [0.25, 0.3) is 0 Å². The molecule has 1 aliphatic carbocycles. The van der Waals surface area contributed by atoms with E-state index >= 15 is 0 Å². The number of ether oxygens (including phenoxy) is 1. The van der Waals surface area contributed by atoms with Crippen LogP contribution in [0, 0.1) is 5.92 Å². The van der Waals surface area contributed by atoms with Crippen LogP contribution in [-0.2, 0) is 14.3 Å². The number of hydrogen-bond donors (Lipinski definition) is 2. The van der Waals surface area contributed by atoms with Crippen molar-refractivity contribution in [2.24, 2.45) is 5.92 Å². The number of carbonyl (C=O) groups is 2. The fourth-order valence-electron chi connectivity index (χ4n) is 2.60. The summed E-state index contributed by atoms with van der Waals surface area (Å²) >= 11 is 0. The highest BCUT2D eigenvalue weighted by Crippen LogP contribution is 2.35. The van der Waals surface area contributed by atoms with Crippen LogP contribution in [0.1, 0.15) is 39.0 Å². The van der Waals surface area contributed by atoms with Gasteiger partial charge in [-0.2, -0.15) is 0 Å². The van der Waals surface area contributed by atoms with E-state index in [0.717, 1.165) is 25.7 Å². The molecule has 1 amide bonds. The first kappa shape index (κ1) is 12.4. The third kappa shape index (κ3) is 2.77. The summed E-state index contributed by atoms with van der Waals surface area (Å²) in [5.41, 5.74) is -0.491. The molecule has 0 aromatic carbocycles. The van der Waals surface area contributed by atoms with E-state index in [0.29, 0.717) is 6.61 Å². The van der Waals surface area contributed by atoms with E-state index in [1.165, 1.54) is 0 Å². The van der Waals surface area contributed by atoms with Gasteiger partial charge in [0.05, 0.1) is 30.6 Å². The minimum atomic E-state index is -0.846. The molecule has 0 aromatic rings. The lowest BCUT2D eigenvalue weighted by Gasteiger charge is -2.42. The minimum absolute atomic E-state index is 0.0296. The zero-order chi connectivity index (χ0) is 12.5. The first-order valence-electron chi connectivity index (χ1n) is 6.16. The number of hydrogen-bond acceptors (Lipinski definition) is 3. The van der Waals surface area contributed by atoms with Gasteiger partial charge in [-0.05, 0) is 32.6 Å². The molecule has 2 atom stereocenters. The zero-order valence-electron chi connectivity index (χ0n) is 10.1. The topological polar surface area (TPSA) is 75.6 Å². The van der Waals surface area contributed by atoms with Gasteiger partial charge in [0.2, 0.25) is 5.91 Å². The van der Waals surface area contributed by atoms with Gasteiger partial charge in [0.1, 0.15) is 0 Å². The molecule has 1 heterocycles. The summed E-state index contributed by atoms with van der Waals surface area (Å²) in [6, 6.07) is 0. The maximum absolute atomic E-state index is 12.0. The van der Waals surface area contributed by atoms with E-state index in [9.17, 15) is 9.59 Å². The van der Waals surface area contributed by atoms with Gasteiger partial charge in [-0.3, -0.25) is 9.59 Å². The second kappa shape index (κ2) is 4.64. The summed E-state index contributed by atoms with van der Waals surface area (Å²) in [6.45, 7) is 2.40. The van der Waals surface area contributed by atoms with Crippen LogP contribution < -0.4 is 5.32 Å². The van der Waals surface area contributed by atoms with E-state index in [2.05, 4.69) is 5.32 Å². The van der Waals surface area contributed by atoms with Crippen LogP contribution in [0.25, 0.3) is 0 Å². The van der Waals surface area contributed by atoms with E-state index in [1.54, 1.807) is 0 Å². The molecule has 1 saturated heterocycles. The zero-order valence-corrected chi connectivity index (χ0v) is 10.1. The van der Waals surface area contributed by atoms with Crippen LogP contribution in [0.4, 0.5) is 0 Å². The molecule has 5 heteroatoms. The van der Waals surface area contributed by atoms with E-state index in [-0.39, 0.29) is 24.3 Å². The number of carboxylic acids is 1. The highest BCUT2D eigenvalue weighted by Gasteiger charge is 2.42. The first-order chi connectivity index (χ1) is 8.01. The van der Waals surface area contributed by atoms with E-state index in [1.807, 2.05) is 6.92 Å². The van der Waals surface area contributed by atoms with Crippen LogP contribution in [0.15, 0.2) is 0 Å². The van der Waals surface area contributed by atoms with Crippen LogP contribution in [0.3, 0.4) is 0 Å². The standard InChI is InChI=1S/C12H19NO4/c1-8-5-9(7-17-8)11(16)13-12(3-2-4-12)6-10(14)15/h8-9H,2-7H2,1H3,(H,13,16)(H,14,15). The highest BCUT2D eigenvalue weighted by molar-refractivity contribution is 5.81. The third-order valence-corrected chi connectivity index (χ3v) is 3.76. The summed E-state index contributed by atoms with van der Waals surface area (Å²) < 4.78 is 5.36. The third-order valence-electron chi connectivity index (χ3n) is 3.76. The molecule has 2 N–H and O–H groups in total. The van der Waals surface area contributed by atoms with Crippen molar-refractivity contribution < 1.29 is 19.4 Å². The van der Waals surface area contributed by atoms with E-state index in [4.69, 9.17) is 9.84 Å². The van der Waals surface area contributed by atoms with Crippen molar-refractivity contribution in [2.75, 3.05) is 6.61 Å². The highest BCUT2D eigenvalue weighted by atomic mass is 16.5. The van der Waals surface area contributed by atoms with Gasteiger partial charge in [-0.25, -0.2) is 0 Å². The van der Waals surface area contributed by atoms with Gasteiger partial charge in [0, 0.05) is 0 Å². The molecule has 1 saturated carbocycles. The Morgan fingerprint density at radius 3 is 2.59 bits per heavy atom. The molecule has 2 fully saturated rings. The van der Waals surface area contributed by atoms with Crippen molar-refractivity contribution in [2.45, 2.75) is 50.7 Å². The number of carboxylic acid groups (broad SMARTS) is 1. The van der Waals surface area contributed by atoms with Crippen LogP contribution in [0.5, 0.6) is 0 Å². The molecule has 1 aliphatic heterocycles. The second-order valence-corrected chi connectivity index (χ2v) is 5.27. The lowest BCUT2D eigenvalue weighted by Crippen LogP contribution is -2.56. The molecule has 5 nitrogen and oxygen atoms in total. The summed E-state index contributed by atoms with van der Waals surface area (Å²) in [6.07, 6.45) is 3.42. The second-order valence-electron chi connectivity index (χ2n) is 5.27. The predicted molar refractivity (Wildman–Crippen MR) is 60.5 cm³/mol. The molecule has 2 rings (SSSR count). The normalized spacial score (nSPS) is 30.6. The molecular weight excluding hydrogens is 222 g/mol. The molecule has 96 valence electrons. The fourth-order valence-corrected chi connectivity index (χ4v) is 2.60. The van der Waals surface area contributed by atoms with Gasteiger partial charge < -0.3 is 15.2 Å². The fraction of sp³-hybridized carbons (Fsp3) is 0.833. The number of carbonyl (C=O) groups excluding carboxylic acids is 1. The Morgan fingerprint density at radius 1 is 1.47 bits per heavy atom. The van der Waals surface area contributed by atoms with Crippen molar-refractivity contribution in [1.82, 2.24) is 5.32 Å². The molecule has 0 aromatic heterocycles. The monoisotopic (exact) mass is 241 g/mol. The Kier molecular flexibility index (Phi) is 3.38. The van der Waals surface area contributed by atoms with Crippen LogP contribution >= 0.6 is 0 Å². The Bertz CT molecular complexity index is 324. The number of nitrogens with one attached hydrogen (secondary N) is 1. The molecule has 2 unspecified atom stereocenters. The quantitative estimate of drug-likeness (QED) is 0.767. The lowest BCUT2D eigenvalue weighted by molar-refractivity contribution is -0.140. The summed E-state index contributed by atoms with van der Waals surface area (Å²) in [5.74, 6) is -1.01. The van der Waals surface area contributed by atoms with Gasteiger partial charge in [-0.15, -0.1) is 0 Å². The SMILES string of the molecule is CC1CC(C(=O)NC2(CC(=O)O)CCC2)CO1. The number of rotatable bonds is 4. The van der Waals surface area contributed by atoms with Crippen molar-refractivity contribution in [3.8, 4) is 0 Å². The van der Waals surface area contributed by atoms with Gasteiger partial charge in [-0.1, -0.05) is 0 Å². The largest absolute Gasteiger partial charge is 0.481 e. The maximum Gasteiger partial charge on any atom is 0.305 e. The number of amides is 1. The van der Waals surface area contributed by atoms with Crippen LogP contribution in [-0.4, -0.2) is 35.2 Å². The molecule has 0 spiro atoms. The number of aliphatic carboxylic acids is 1. The molecular formula is C12H19NO4. The Balaban J connectivity index is 1.90. The molecule has 2 aliphatic rings. The first-order valence-corrected chi connectivity index (χ1v) is 6.16. The summed E-state index contributed by atoms with van der Waals surface area (Å²) in [5, 5.41) is 11.8. The summed E-state index contributed by atoms with van der Waals surface area (Å²) in [4.78, 5) is 22.8. The Labute approximate surface area is 101 Å². The molecule has 0 radical (unpaired) electrons. The van der Waals surface area contributed by atoms with Gasteiger partial charge >= 0.3 is 5.97 Å². The smallest absolute Gasteiger partial charge is 0.305 e. The molecule has 0 bridgehead atoms. The van der Waals surface area contributed by atoms with Gasteiger partial charge in [0.15, 0.2) is 0 Å².